The minimum atomic E-state index is -5.65. The lowest BCUT2D eigenvalue weighted by Gasteiger charge is -2.16. The van der Waals surface area contributed by atoms with Gasteiger partial charge >= 0.3 is 12.9 Å². The number of esters is 1. The molecule has 16 heavy (non-hydrogen) atoms. The van der Waals surface area contributed by atoms with E-state index in [-0.39, 0.29) is 12.1 Å². The van der Waals surface area contributed by atoms with Crippen molar-refractivity contribution in [3.63, 3.8) is 0 Å². The molecule has 0 saturated heterocycles. The SMILES string of the molecule is COC(=O)c1cc([B-](F)(F)F)c(F)cc1F. The van der Waals surface area contributed by atoms with E-state index in [1.54, 1.807) is 0 Å². The largest absolute Gasteiger partial charge is 0.512 e. The van der Waals surface area contributed by atoms with Crippen molar-refractivity contribution in [3.8, 4) is 0 Å². The van der Waals surface area contributed by atoms with Crippen LogP contribution in [0.25, 0.3) is 0 Å². The van der Waals surface area contributed by atoms with Crippen molar-refractivity contribution in [1.82, 2.24) is 0 Å². The van der Waals surface area contributed by atoms with Crippen molar-refractivity contribution >= 4 is 18.4 Å². The second-order valence-electron chi connectivity index (χ2n) is 2.92. The third-order valence-electron chi connectivity index (χ3n) is 1.84. The van der Waals surface area contributed by atoms with E-state index < -0.39 is 35.6 Å². The van der Waals surface area contributed by atoms with Gasteiger partial charge in [0.2, 0.25) is 0 Å². The number of hydrogen-bond donors (Lipinski definition) is 0. The molecule has 1 aromatic rings. The van der Waals surface area contributed by atoms with Crippen LogP contribution in [0.1, 0.15) is 10.4 Å². The lowest BCUT2D eigenvalue weighted by molar-refractivity contribution is 0.0595. The zero-order valence-corrected chi connectivity index (χ0v) is 7.94. The van der Waals surface area contributed by atoms with Crippen LogP contribution in [0.2, 0.25) is 0 Å². The number of hydrogen-bond acceptors (Lipinski definition) is 2. The fraction of sp³-hybridized carbons (Fsp3) is 0.125. The Morgan fingerprint density at radius 1 is 1.19 bits per heavy atom. The normalized spacial score (nSPS) is 11.4. The monoisotopic (exact) mass is 239 g/mol. The van der Waals surface area contributed by atoms with Crippen LogP contribution in [0.3, 0.4) is 0 Å². The number of carbonyl (C=O) groups excluding carboxylic acids is 1. The second kappa shape index (κ2) is 4.11. The van der Waals surface area contributed by atoms with Gasteiger partial charge in [0.15, 0.2) is 0 Å². The maximum absolute atomic E-state index is 13.0. The Kier molecular flexibility index (Phi) is 3.20. The van der Waals surface area contributed by atoms with Crippen LogP contribution < -0.4 is 5.46 Å². The minimum absolute atomic E-state index is 0.0107. The molecule has 0 spiro atoms. The minimum Gasteiger partial charge on any atom is -0.465 e. The van der Waals surface area contributed by atoms with Crippen molar-refractivity contribution < 1.29 is 31.3 Å². The topological polar surface area (TPSA) is 26.3 Å². The molecular formula is C8H5BF5O2-. The molecule has 0 bridgehead atoms. The van der Waals surface area contributed by atoms with Crippen LogP contribution in [0, 0.1) is 11.6 Å². The molecule has 0 aromatic heterocycles. The van der Waals surface area contributed by atoms with Crippen molar-refractivity contribution in [2.75, 3.05) is 7.11 Å². The Balaban J connectivity index is 3.39. The van der Waals surface area contributed by atoms with Gasteiger partial charge in [-0.05, 0) is 0 Å². The van der Waals surface area contributed by atoms with Crippen LogP contribution in [-0.4, -0.2) is 20.1 Å². The Morgan fingerprint density at radius 3 is 2.19 bits per heavy atom. The molecule has 88 valence electrons. The summed E-state index contributed by atoms with van der Waals surface area (Å²) in [7, 11) is 0.879. The molecule has 0 amide bonds. The van der Waals surface area contributed by atoms with Gasteiger partial charge in [0.1, 0.15) is 5.82 Å². The summed E-state index contributed by atoms with van der Waals surface area (Å²) in [4.78, 5) is 10.9. The molecule has 1 aromatic carbocycles. The fourth-order valence-corrected chi connectivity index (χ4v) is 1.08. The number of ether oxygens (including phenoxy) is 1. The first-order valence-electron chi connectivity index (χ1n) is 4.04. The quantitative estimate of drug-likeness (QED) is 0.446. The zero-order chi connectivity index (χ0) is 12.5. The molecule has 0 unspecified atom stereocenters. The molecule has 0 aliphatic heterocycles. The van der Waals surface area contributed by atoms with Gasteiger partial charge < -0.3 is 17.7 Å². The lowest BCUT2D eigenvalue weighted by atomic mass is 9.79. The van der Waals surface area contributed by atoms with Crippen LogP contribution in [0.5, 0.6) is 0 Å². The van der Waals surface area contributed by atoms with E-state index in [1.165, 1.54) is 0 Å². The molecule has 0 saturated carbocycles. The molecule has 0 aliphatic carbocycles. The first-order valence-corrected chi connectivity index (χ1v) is 4.04. The highest BCUT2D eigenvalue weighted by Crippen LogP contribution is 2.16. The molecule has 0 N–H and O–H groups in total. The summed E-state index contributed by atoms with van der Waals surface area (Å²) in [6.45, 7) is -5.65. The third-order valence-corrected chi connectivity index (χ3v) is 1.84. The van der Waals surface area contributed by atoms with Crippen LogP contribution in [0.15, 0.2) is 12.1 Å². The summed E-state index contributed by atoms with van der Waals surface area (Å²) in [6.07, 6.45) is 0. The van der Waals surface area contributed by atoms with Gasteiger partial charge in [-0.1, -0.05) is 11.5 Å². The Bertz CT molecular complexity index is 429. The first-order chi connectivity index (χ1) is 7.27. The molecule has 2 nitrogen and oxygen atoms in total. The van der Waals surface area contributed by atoms with Crippen LogP contribution in [0.4, 0.5) is 21.7 Å². The highest BCUT2D eigenvalue weighted by atomic mass is 19.4. The zero-order valence-electron chi connectivity index (χ0n) is 7.94. The van der Waals surface area contributed by atoms with Gasteiger partial charge in [0.05, 0.1) is 18.5 Å². The molecule has 0 atom stereocenters. The number of rotatable bonds is 2. The molecule has 8 heteroatoms. The number of benzene rings is 1. The average Bonchev–Trinajstić information content (AvgIpc) is 2.14. The Labute approximate surface area is 87.1 Å². The number of carbonyl (C=O) groups is 1. The molecule has 0 radical (unpaired) electrons. The Hall–Kier alpha value is -1.60. The van der Waals surface area contributed by atoms with Crippen molar-refractivity contribution in [3.05, 3.63) is 29.3 Å². The van der Waals surface area contributed by atoms with Crippen LogP contribution in [-0.2, 0) is 4.74 Å². The molecule has 0 heterocycles. The molecule has 1 rings (SSSR count). The van der Waals surface area contributed by atoms with Gasteiger partial charge in [-0.3, -0.25) is 0 Å². The van der Waals surface area contributed by atoms with E-state index in [2.05, 4.69) is 4.74 Å². The smallest absolute Gasteiger partial charge is 0.465 e. The number of methoxy groups -OCH3 is 1. The van der Waals surface area contributed by atoms with Crippen molar-refractivity contribution in [2.24, 2.45) is 0 Å². The van der Waals surface area contributed by atoms with Crippen molar-refractivity contribution in [1.29, 1.82) is 0 Å². The van der Waals surface area contributed by atoms with E-state index in [0.29, 0.717) is 0 Å². The summed E-state index contributed by atoms with van der Waals surface area (Å²) in [5.74, 6) is -4.44. The predicted molar refractivity (Wildman–Crippen MR) is 46.4 cm³/mol. The molecular weight excluding hydrogens is 234 g/mol. The summed E-state index contributed by atoms with van der Waals surface area (Å²) in [5, 5.41) is 0. The molecule has 0 aliphatic rings. The van der Waals surface area contributed by atoms with Crippen LogP contribution >= 0.6 is 0 Å². The maximum Gasteiger partial charge on any atom is 0.512 e. The van der Waals surface area contributed by atoms with E-state index in [0.717, 1.165) is 7.11 Å². The second-order valence-corrected chi connectivity index (χ2v) is 2.92. The fourth-order valence-electron chi connectivity index (χ4n) is 1.08. The van der Waals surface area contributed by atoms with E-state index in [4.69, 9.17) is 0 Å². The predicted octanol–water partition coefficient (Wildman–Crippen LogP) is 1.81. The summed E-state index contributed by atoms with van der Waals surface area (Å²) < 4.78 is 66.6. The highest BCUT2D eigenvalue weighted by molar-refractivity contribution is 6.73. The summed E-state index contributed by atoms with van der Waals surface area (Å²) in [5.41, 5.74) is -2.60. The number of halogens is 5. The first kappa shape index (κ1) is 12.5. The van der Waals surface area contributed by atoms with Crippen molar-refractivity contribution in [2.45, 2.75) is 0 Å². The third kappa shape index (κ3) is 2.31. The Morgan fingerprint density at radius 2 is 1.75 bits per heavy atom. The van der Waals surface area contributed by atoms with E-state index in [9.17, 15) is 26.5 Å². The van der Waals surface area contributed by atoms with Gasteiger partial charge in [0.25, 0.3) is 0 Å². The standard InChI is InChI=1S/C8H5BF5O2/c1-16-8(15)4-2-5(9(12,13)14)7(11)3-6(4)10/h2-3H,1H3/q-1. The summed E-state index contributed by atoms with van der Waals surface area (Å²) in [6, 6.07) is 0.118. The highest BCUT2D eigenvalue weighted by Gasteiger charge is 2.31. The maximum atomic E-state index is 13.0. The van der Waals surface area contributed by atoms with Gasteiger partial charge in [-0.2, -0.15) is 0 Å². The average molecular weight is 239 g/mol. The van der Waals surface area contributed by atoms with E-state index in [1.807, 2.05) is 0 Å². The van der Waals surface area contributed by atoms with E-state index >= 15 is 0 Å². The van der Waals surface area contributed by atoms with Gasteiger partial charge in [0, 0.05) is 6.07 Å². The van der Waals surface area contributed by atoms with Gasteiger partial charge in [-0.15, -0.1) is 0 Å². The molecule has 0 fully saturated rings. The van der Waals surface area contributed by atoms with Gasteiger partial charge in [-0.25, -0.2) is 13.6 Å². The summed E-state index contributed by atoms with van der Waals surface area (Å²) >= 11 is 0. The lowest BCUT2D eigenvalue weighted by Crippen LogP contribution is -2.37.